The Balaban J connectivity index is 1.92. The summed E-state index contributed by atoms with van der Waals surface area (Å²) in [4.78, 5) is 10.6. The average molecular weight is 383 g/mol. The van der Waals surface area contributed by atoms with Crippen LogP contribution in [0.2, 0.25) is 0 Å². The first kappa shape index (κ1) is 19.1. The quantitative estimate of drug-likeness (QED) is 0.599. The molecule has 2 fully saturated rings. The summed E-state index contributed by atoms with van der Waals surface area (Å²) < 4.78 is 32.9. The second-order valence-corrected chi connectivity index (χ2v) is 8.82. The molecule has 1 aromatic carbocycles. The summed E-state index contributed by atoms with van der Waals surface area (Å²) in [5.41, 5.74) is 0.219. The topological polar surface area (TPSA) is 102 Å². The highest BCUT2D eigenvalue weighted by Crippen LogP contribution is 2.33. The molecular formula is C17H25N3O5S. The van der Waals surface area contributed by atoms with Gasteiger partial charge in [-0.25, -0.2) is 8.42 Å². The van der Waals surface area contributed by atoms with Crippen LogP contribution in [0.3, 0.4) is 0 Å². The van der Waals surface area contributed by atoms with Gasteiger partial charge in [-0.3, -0.25) is 10.1 Å². The number of nitro benzene ring substituents is 1. The Kier molecular flexibility index (Phi) is 5.79. The largest absolute Gasteiger partial charge is 0.381 e. The normalized spacial score (nSPS) is 24.5. The molecule has 1 heterocycles. The molecule has 1 aliphatic heterocycles. The number of rotatable bonds is 6. The minimum Gasteiger partial charge on any atom is -0.381 e. The van der Waals surface area contributed by atoms with Gasteiger partial charge in [-0.15, -0.1) is 0 Å². The SMILES string of the molecule is COC1CCCC(Nc2ccc([N+](=O)[O-])cc2S(=O)(=O)N2CCCC2)C1. The summed E-state index contributed by atoms with van der Waals surface area (Å²) in [6.07, 6.45) is 5.48. The summed E-state index contributed by atoms with van der Waals surface area (Å²) in [6.45, 7) is 0.916. The predicted octanol–water partition coefficient (Wildman–Crippen LogP) is 2.75. The average Bonchev–Trinajstić information content (AvgIpc) is 3.17. The van der Waals surface area contributed by atoms with Crippen LogP contribution >= 0.6 is 0 Å². The fourth-order valence-corrected chi connectivity index (χ4v) is 5.43. The molecule has 0 radical (unpaired) electrons. The van der Waals surface area contributed by atoms with E-state index in [0.29, 0.717) is 18.8 Å². The number of nitrogens with zero attached hydrogens (tertiary/aromatic N) is 2. The van der Waals surface area contributed by atoms with Gasteiger partial charge < -0.3 is 10.1 Å². The van der Waals surface area contributed by atoms with Crippen LogP contribution in [0, 0.1) is 10.1 Å². The first-order chi connectivity index (χ1) is 12.4. The molecule has 0 aromatic heterocycles. The molecule has 0 bridgehead atoms. The molecule has 8 nitrogen and oxygen atoms in total. The van der Waals surface area contributed by atoms with Crippen LogP contribution in [-0.4, -0.2) is 50.0 Å². The van der Waals surface area contributed by atoms with Gasteiger partial charge >= 0.3 is 0 Å². The van der Waals surface area contributed by atoms with Crippen LogP contribution in [0.1, 0.15) is 38.5 Å². The smallest absolute Gasteiger partial charge is 0.270 e. The standard InChI is InChI=1S/C17H25N3O5S/c1-25-15-6-4-5-13(11-15)18-16-8-7-14(20(21)22)12-17(16)26(23,24)19-9-2-3-10-19/h7-8,12-13,15,18H,2-6,9-11H2,1H3. The molecule has 1 aromatic rings. The summed E-state index contributed by atoms with van der Waals surface area (Å²) >= 11 is 0. The third-order valence-corrected chi connectivity index (χ3v) is 7.12. The molecule has 1 saturated heterocycles. The van der Waals surface area contributed by atoms with Gasteiger partial charge in [-0.05, 0) is 44.6 Å². The van der Waals surface area contributed by atoms with Crippen LogP contribution in [0.5, 0.6) is 0 Å². The highest BCUT2D eigenvalue weighted by Gasteiger charge is 2.32. The monoisotopic (exact) mass is 383 g/mol. The lowest BCUT2D eigenvalue weighted by atomic mass is 9.92. The Morgan fingerprint density at radius 1 is 1.23 bits per heavy atom. The number of hydrogen-bond donors (Lipinski definition) is 1. The van der Waals surface area contributed by atoms with E-state index in [1.54, 1.807) is 7.11 Å². The van der Waals surface area contributed by atoms with Gasteiger partial charge in [0.2, 0.25) is 10.0 Å². The molecule has 1 aliphatic carbocycles. The van der Waals surface area contributed by atoms with Crippen molar-refractivity contribution in [1.29, 1.82) is 0 Å². The van der Waals surface area contributed by atoms with Crippen LogP contribution < -0.4 is 5.32 Å². The molecule has 1 N–H and O–H groups in total. The molecule has 9 heteroatoms. The third kappa shape index (κ3) is 3.99. The van der Waals surface area contributed by atoms with Crippen molar-refractivity contribution >= 4 is 21.4 Å². The molecule has 2 aliphatic rings. The van der Waals surface area contributed by atoms with Crippen molar-refractivity contribution in [3.63, 3.8) is 0 Å². The molecule has 0 spiro atoms. The van der Waals surface area contributed by atoms with Crippen molar-refractivity contribution in [3.05, 3.63) is 28.3 Å². The van der Waals surface area contributed by atoms with Crippen LogP contribution in [0.25, 0.3) is 0 Å². The number of nitrogens with one attached hydrogen (secondary N) is 1. The van der Waals surface area contributed by atoms with E-state index in [9.17, 15) is 18.5 Å². The van der Waals surface area contributed by atoms with Crippen molar-refractivity contribution in [1.82, 2.24) is 4.31 Å². The maximum Gasteiger partial charge on any atom is 0.270 e. The summed E-state index contributed by atoms with van der Waals surface area (Å²) in [7, 11) is -2.08. The summed E-state index contributed by atoms with van der Waals surface area (Å²) in [5, 5.41) is 14.4. The lowest BCUT2D eigenvalue weighted by Gasteiger charge is -2.30. The zero-order valence-corrected chi connectivity index (χ0v) is 15.7. The van der Waals surface area contributed by atoms with Gasteiger partial charge in [0.1, 0.15) is 4.90 Å². The van der Waals surface area contributed by atoms with Gasteiger partial charge in [-0.1, -0.05) is 0 Å². The van der Waals surface area contributed by atoms with Crippen LogP contribution in [0.4, 0.5) is 11.4 Å². The zero-order valence-electron chi connectivity index (χ0n) is 14.9. The van der Waals surface area contributed by atoms with Gasteiger partial charge in [0.05, 0.1) is 16.7 Å². The minimum absolute atomic E-state index is 0.00635. The molecule has 2 atom stereocenters. The third-order valence-electron chi connectivity index (χ3n) is 5.18. The Labute approximate surface area is 153 Å². The first-order valence-corrected chi connectivity index (χ1v) is 10.4. The number of nitro groups is 1. The second kappa shape index (κ2) is 7.89. The van der Waals surface area contributed by atoms with Gasteiger partial charge in [-0.2, -0.15) is 4.31 Å². The Morgan fingerprint density at radius 3 is 2.62 bits per heavy atom. The van der Waals surface area contributed by atoms with E-state index in [1.165, 1.54) is 22.5 Å². The Hall–Kier alpha value is -1.71. The molecule has 2 unspecified atom stereocenters. The van der Waals surface area contributed by atoms with E-state index in [-0.39, 0.29) is 22.7 Å². The molecule has 26 heavy (non-hydrogen) atoms. The fraction of sp³-hybridized carbons (Fsp3) is 0.647. The number of methoxy groups -OCH3 is 1. The molecule has 144 valence electrons. The predicted molar refractivity (Wildman–Crippen MR) is 97.8 cm³/mol. The Morgan fingerprint density at radius 2 is 1.96 bits per heavy atom. The Bertz CT molecular complexity index is 762. The number of anilines is 1. The highest BCUT2D eigenvalue weighted by molar-refractivity contribution is 7.89. The number of non-ortho nitro benzene ring substituents is 1. The van der Waals surface area contributed by atoms with E-state index < -0.39 is 14.9 Å². The van der Waals surface area contributed by atoms with E-state index in [2.05, 4.69) is 5.32 Å². The number of ether oxygens (including phenoxy) is 1. The van der Waals surface area contributed by atoms with Crippen molar-refractivity contribution in [2.24, 2.45) is 0 Å². The number of sulfonamides is 1. The number of benzene rings is 1. The lowest BCUT2D eigenvalue weighted by molar-refractivity contribution is -0.385. The molecule has 0 amide bonds. The fourth-order valence-electron chi connectivity index (χ4n) is 3.73. The van der Waals surface area contributed by atoms with Crippen molar-refractivity contribution in [3.8, 4) is 0 Å². The molecule has 3 rings (SSSR count). The minimum atomic E-state index is -3.76. The lowest BCUT2D eigenvalue weighted by Crippen LogP contribution is -2.33. The van der Waals surface area contributed by atoms with Crippen molar-refractivity contribution in [2.75, 3.05) is 25.5 Å². The summed E-state index contributed by atoms with van der Waals surface area (Å²) in [6, 6.07) is 4.12. The van der Waals surface area contributed by atoms with E-state index in [1.807, 2.05) is 0 Å². The van der Waals surface area contributed by atoms with E-state index in [0.717, 1.165) is 38.5 Å². The van der Waals surface area contributed by atoms with Gasteiger partial charge in [0.15, 0.2) is 0 Å². The van der Waals surface area contributed by atoms with Crippen LogP contribution in [-0.2, 0) is 14.8 Å². The zero-order chi connectivity index (χ0) is 18.7. The maximum absolute atomic E-state index is 13.0. The highest BCUT2D eigenvalue weighted by atomic mass is 32.2. The van der Waals surface area contributed by atoms with Crippen LogP contribution in [0.15, 0.2) is 23.1 Å². The number of hydrogen-bond acceptors (Lipinski definition) is 6. The molecule has 1 saturated carbocycles. The summed E-state index contributed by atoms with van der Waals surface area (Å²) in [5.74, 6) is 0. The first-order valence-electron chi connectivity index (χ1n) is 8.99. The van der Waals surface area contributed by atoms with E-state index >= 15 is 0 Å². The van der Waals surface area contributed by atoms with Gasteiger partial charge in [0.25, 0.3) is 5.69 Å². The van der Waals surface area contributed by atoms with Crippen molar-refractivity contribution < 1.29 is 18.1 Å². The van der Waals surface area contributed by atoms with Crippen molar-refractivity contribution in [2.45, 2.75) is 55.6 Å². The second-order valence-electron chi connectivity index (χ2n) is 6.91. The maximum atomic E-state index is 13.0. The van der Waals surface area contributed by atoms with Gasteiger partial charge in [0, 0.05) is 38.4 Å². The molecular weight excluding hydrogens is 358 g/mol. The van der Waals surface area contributed by atoms with E-state index in [4.69, 9.17) is 4.74 Å².